The van der Waals surface area contributed by atoms with Gasteiger partial charge in [0, 0.05) is 18.7 Å². The number of ether oxygens (including phenoxy) is 1. The molecular formula is C26H29FN2O3. The van der Waals surface area contributed by atoms with Crippen LogP contribution in [-0.4, -0.2) is 53.5 Å². The van der Waals surface area contributed by atoms with Gasteiger partial charge in [0.05, 0.1) is 18.5 Å². The van der Waals surface area contributed by atoms with E-state index in [1.165, 1.54) is 6.07 Å². The molecule has 168 valence electrons. The van der Waals surface area contributed by atoms with E-state index >= 15 is 0 Å². The highest BCUT2D eigenvalue weighted by atomic mass is 19.1. The number of carbonyl (C=O) groups excluding carboxylic acids is 2. The van der Waals surface area contributed by atoms with Crippen molar-refractivity contribution < 1.29 is 18.7 Å². The lowest BCUT2D eigenvalue weighted by atomic mass is 9.77. The maximum atomic E-state index is 14.7. The standard InChI is InChI=1S/C26H29FN2O3/c27-22-11-5-4-10-21(22)26(12-6-7-13-26)24(31)28-15-14-25(18-28)19-29(23(30)17-32-25)16-20-8-2-1-3-9-20/h1-5,8-11H,6-7,12-19H2/t25-/m0/s1. The molecule has 1 aliphatic carbocycles. The Morgan fingerprint density at radius 1 is 0.969 bits per heavy atom. The summed E-state index contributed by atoms with van der Waals surface area (Å²) in [6.45, 7) is 2.06. The van der Waals surface area contributed by atoms with Crippen LogP contribution in [0.25, 0.3) is 0 Å². The number of amides is 2. The van der Waals surface area contributed by atoms with Gasteiger partial charge in [0.15, 0.2) is 0 Å². The van der Waals surface area contributed by atoms with Crippen molar-refractivity contribution in [1.82, 2.24) is 9.80 Å². The number of rotatable bonds is 4. The first kappa shape index (κ1) is 21.1. The average Bonchev–Trinajstić information content (AvgIpc) is 3.46. The van der Waals surface area contributed by atoms with Crippen LogP contribution in [0.1, 0.15) is 43.2 Å². The number of halogens is 1. The molecule has 2 heterocycles. The van der Waals surface area contributed by atoms with Crippen molar-refractivity contribution in [3.05, 3.63) is 71.5 Å². The summed E-state index contributed by atoms with van der Waals surface area (Å²) in [6, 6.07) is 16.6. The van der Waals surface area contributed by atoms with Crippen LogP contribution in [0.2, 0.25) is 0 Å². The first-order chi connectivity index (χ1) is 15.5. The van der Waals surface area contributed by atoms with Crippen LogP contribution in [0.3, 0.4) is 0 Å². The number of nitrogens with zero attached hydrogens (tertiary/aromatic N) is 2. The highest BCUT2D eigenvalue weighted by molar-refractivity contribution is 5.89. The summed E-state index contributed by atoms with van der Waals surface area (Å²) < 4.78 is 20.8. The molecule has 1 atom stereocenters. The molecule has 2 aliphatic heterocycles. The Morgan fingerprint density at radius 3 is 2.44 bits per heavy atom. The third-order valence-corrected chi connectivity index (χ3v) is 7.41. The van der Waals surface area contributed by atoms with Crippen LogP contribution in [0.5, 0.6) is 0 Å². The van der Waals surface area contributed by atoms with Gasteiger partial charge in [-0.15, -0.1) is 0 Å². The van der Waals surface area contributed by atoms with E-state index in [-0.39, 0.29) is 24.2 Å². The molecule has 2 amide bonds. The minimum Gasteiger partial charge on any atom is -0.361 e. The predicted octanol–water partition coefficient (Wildman–Crippen LogP) is 3.67. The van der Waals surface area contributed by atoms with E-state index in [0.29, 0.717) is 51.0 Å². The van der Waals surface area contributed by atoms with E-state index < -0.39 is 11.0 Å². The Hall–Kier alpha value is -2.73. The van der Waals surface area contributed by atoms with Crippen molar-refractivity contribution in [2.45, 2.75) is 49.7 Å². The van der Waals surface area contributed by atoms with Gasteiger partial charge < -0.3 is 14.5 Å². The van der Waals surface area contributed by atoms with Gasteiger partial charge in [0.1, 0.15) is 18.0 Å². The first-order valence-electron chi connectivity index (χ1n) is 11.5. The molecule has 6 heteroatoms. The lowest BCUT2D eigenvalue weighted by molar-refractivity contribution is -0.163. The van der Waals surface area contributed by atoms with Gasteiger partial charge in [0.25, 0.3) is 0 Å². The van der Waals surface area contributed by atoms with E-state index in [0.717, 1.165) is 18.4 Å². The second kappa shape index (κ2) is 8.32. The molecule has 0 radical (unpaired) electrons. The number of hydrogen-bond donors (Lipinski definition) is 0. The number of benzene rings is 2. The Morgan fingerprint density at radius 2 is 1.69 bits per heavy atom. The molecule has 5 rings (SSSR count). The summed E-state index contributed by atoms with van der Waals surface area (Å²) in [7, 11) is 0. The van der Waals surface area contributed by atoms with Gasteiger partial charge in [-0.3, -0.25) is 9.59 Å². The molecule has 1 spiro atoms. The van der Waals surface area contributed by atoms with Crippen molar-refractivity contribution in [2.75, 3.05) is 26.2 Å². The molecule has 3 fully saturated rings. The summed E-state index contributed by atoms with van der Waals surface area (Å²) in [6.07, 6.45) is 3.89. The molecule has 0 aromatic heterocycles. The lowest BCUT2D eigenvalue weighted by Gasteiger charge is -2.40. The zero-order valence-electron chi connectivity index (χ0n) is 18.3. The van der Waals surface area contributed by atoms with Gasteiger partial charge in [-0.2, -0.15) is 0 Å². The molecule has 0 unspecified atom stereocenters. The molecule has 5 nitrogen and oxygen atoms in total. The smallest absolute Gasteiger partial charge is 0.249 e. The average molecular weight is 437 g/mol. The SMILES string of the molecule is O=C1CO[C@]2(CCN(C(=O)C3(c4ccccc4F)CCCC3)C2)CN1Cc1ccccc1. The summed E-state index contributed by atoms with van der Waals surface area (Å²) in [5.41, 5.74) is 0.264. The summed E-state index contributed by atoms with van der Waals surface area (Å²) in [5, 5.41) is 0. The monoisotopic (exact) mass is 436 g/mol. The molecule has 2 aromatic rings. The summed E-state index contributed by atoms with van der Waals surface area (Å²) >= 11 is 0. The Kier molecular flexibility index (Phi) is 5.49. The molecular weight excluding hydrogens is 407 g/mol. The van der Waals surface area contributed by atoms with Gasteiger partial charge >= 0.3 is 0 Å². The number of hydrogen-bond acceptors (Lipinski definition) is 3. The highest BCUT2D eigenvalue weighted by Gasteiger charge is 2.52. The maximum Gasteiger partial charge on any atom is 0.249 e. The minimum absolute atomic E-state index is 0.00656. The van der Waals surface area contributed by atoms with Crippen molar-refractivity contribution in [3.63, 3.8) is 0 Å². The molecule has 2 aromatic carbocycles. The van der Waals surface area contributed by atoms with Crippen LogP contribution in [0.15, 0.2) is 54.6 Å². The second-order valence-corrected chi connectivity index (χ2v) is 9.45. The van der Waals surface area contributed by atoms with Crippen molar-refractivity contribution in [1.29, 1.82) is 0 Å². The largest absolute Gasteiger partial charge is 0.361 e. The molecule has 3 aliphatic rings. The van der Waals surface area contributed by atoms with Gasteiger partial charge in [0.2, 0.25) is 11.8 Å². The fraction of sp³-hybridized carbons (Fsp3) is 0.462. The number of morpholine rings is 1. The summed E-state index contributed by atoms with van der Waals surface area (Å²) in [5.74, 6) is -0.319. The van der Waals surface area contributed by atoms with E-state index in [4.69, 9.17) is 4.74 Å². The second-order valence-electron chi connectivity index (χ2n) is 9.45. The minimum atomic E-state index is -0.787. The van der Waals surface area contributed by atoms with E-state index in [1.54, 1.807) is 12.1 Å². The van der Waals surface area contributed by atoms with Gasteiger partial charge in [-0.25, -0.2) is 4.39 Å². The fourth-order valence-corrected chi connectivity index (χ4v) is 5.73. The third kappa shape index (κ3) is 3.71. The van der Waals surface area contributed by atoms with Crippen LogP contribution in [0.4, 0.5) is 4.39 Å². The number of likely N-dealkylation sites (tertiary alicyclic amines) is 1. The third-order valence-electron chi connectivity index (χ3n) is 7.41. The highest BCUT2D eigenvalue weighted by Crippen LogP contribution is 2.45. The van der Waals surface area contributed by atoms with Crippen molar-refractivity contribution in [3.8, 4) is 0 Å². The van der Waals surface area contributed by atoms with Crippen molar-refractivity contribution >= 4 is 11.8 Å². The molecule has 0 bridgehead atoms. The maximum absolute atomic E-state index is 14.7. The predicted molar refractivity (Wildman–Crippen MR) is 118 cm³/mol. The quantitative estimate of drug-likeness (QED) is 0.735. The van der Waals surface area contributed by atoms with E-state index in [1.807, 2.05) is 46.2 Å². The lowest BCUT2D eigenvalue weighted by Crippen LogP contribution is -2.56. The van der Waals surface area contributed by atoms with Crippen LogP contribution in [0, 0.1) is 5.82 Å². The van der Waals surface area contributed by atoms with Crippen molar-refractivity contribution in [2.24, 2.45) is 0 Å². The zero-order valence-corrected chi connectivity index (χ0v) is 18.3. The Bertz CT molecular complexity index is 1010. The van der Waals surface area contributed by atoms with Crippen LogP contribution < -0.4 is 0 Å². The fourth-order valence-electron chi connectivity index (χ4n) is 5.73. The van der Waals surface area contributed by atoms with Crippen LogP contribution in [-0.2, 0) is 26.3 Å². The zero-order chi connectivity index (χ0) is 22.2. The topological polar surface area (TPSA) is 49.9 Å². The first-order valence-corrected chi connectivity index (χ1v) is 11.5. The van der Waals surface area contributed by atoms with Gasteiger partial charge in [-0.1, -0.05) is 61.4 Å². The van der Waals surface area contributed by atoms with Crippen LogP contribution >= 0.6 is 0 Å². The normalized spacial score (nSPS) is 25.0. The van der Waals surface area contributed by atoms with Gasteiger partial charge in [-0.05, 0) is 30.9 Å². The molecule has 32 heavy (non-hydrogen) atoms. The molecule has 0 N–H and O–H groups in total. The molecule has 1 saturated carbocycles. The van der Waals surface area contributed by atoms with E-state index in [2.05, 4.69) is 0 Å². The Balaban J connectivity index is 1.34. The number of carbonyl (C=O) groups is 2. The Labute approximate surface area is 188 Å². The molecule has 2 saturated heterocycles. The van der Waals surface area contributed by atoms with E-state index in [9.17, 15) is 14.0 Å². The summed E-state index contributed by atoms with van der Waals surface area (Å²) in [4.78, 5) is 30.0.